The van der Waals surface area contributed by atoms with Crippen LogP contribution in [0.5, 0.6) is 0 Å². The van der Waals surface area contributed by atoms with Gasteiger partial charge in [-0.1, -0.05) is 6.92 Å². The molecule has 0 aliphatic rings. The fraction of sp³-hybridized carbons (Fsp3) is 0.600. The van der Waals surface area contributed by atoms with Crippen LogP contribution in [0.3, 0.4) is 0 Å². The first kappa shape index (κ1) is 9.33. The number of aryl methyl sites for hydroxylation is 1. The lowest BCUT2D eigenvalue weighted by Crippen LogP contribution is -2.07. The maximum absolute atomic E-state index is 5.60. The molecule has 1 aromatic rings. The van der Waals surface area contributed by atoms with Gasteiger partial charge in [0.1, 0.15) is 0 Å². The minimum atomic E-state index is 0.259. The van der Waals surface area contributed by atoms with E-state index in [2.05, 4.69) is 36.9 Å². The van der Waals surface area contributed by atoms with Gasteiger partial charge in [0.25, 0.3) is 0 Å². The van der Waals surface area contributed by atoms with Crippen LogP contribution < -0.4 is 0 Å². The van der Waals surface area contributed by atoms with Crippen molar-refractivity contribution in [1.29, 1.82) is 0 Å². The van der Waals surface area contributed by atoms with Crippen molar-refractivity contribution in [2.45, 2.75) is 26.4 Å². The second-order valence-corrected chi connectivity index (χ2v) is 2.90. The maximum Gasteiger partial charge on any atom is 0.0971 e. The van der Waals surface area contributed by atoms with Crippen LogP contribution in [0.2, 0.25) is 0 Å². The van der Waals surface area contributed by atoms with Crippen LogP contribution in [-0.4, -0.2) is 11.2 Å². The lowest BCUT2D eigenvalue weighted by atomic mass is 10.2. The zero-order valence-electron chi connectivity index (χ0n) is 8.08. The van der Waals surface area contributed by atoms with E-state index < -0.39 is 0 Å². The van der Waals surface area contributed by atoms with E-state index in [0.29, 0.717) is 0 Å². The molecule has 2 nitrogen and oxygen atoms in total. The highest BCUT2D eigenvalue weighted by Gasteiger charge is 2.10. The third kappa shape index (κ3) is 1.89. The molecule has 0 aliphatic heterocycles. The zero-order chi connectivity index (χ0) is 8.97. The predicted molar refractivity (Wildman–Crippen MR) is 50.1 cm³/mol. The van der Waals surface area contributed by atoms with Gasteiger partial charge in [-0.05, 0) is 25.5 Å². The van der Waals surface area contributed by atoms with Crippen molar-refractivity contribution >= 4 is 0 Å². The Morgan fingerprint density at radius 1 is 1.50 bits per heavy atom. The lowest BCUT2D eigenvalue weighted by Gasteiger charge is -2.15. The normalized spacial score (nSPS) is 13.2. The number of rotatable bonds is 4. The number of nitrogens with zero attached hydrogens (tertiary/aromatic N) is 1. The highest BCUT2D eigenvalue weighted by atomic mass is 16.5. The minimum Gasteiger partial charge on any atom is -0.372 e. The Balaban J connectivity index is 2.72. The average Bonchev–Trinajstić information content (AvgIpc) is 2.47. The van der Waals surface area contributed by atoms with Gasteiger partial charge in [0.05, 0.1) is 6.10 Å². The summed E-state index contributed by atoms with van der Waals surface area (Å²) >= 11 is 0. The molecule has 0 aliphatic carbocycles. The van der Waals surface area contributed by atoms with Gasteiger partial charge in [-0.25, -0.2) is 0 Å². The van der Waals surface area contributed by atoms with Crippen LogP contribution >= 0.6 is 0 Å². The summed E-state index contributed by atoms with van der Waals surface area (Å²) in [4.78, 5) is 0. The summed E-state index contributed by atoms with van der Waals surface area (Å²) in [5, 5.41) is 0. The monoisotopic (exact) mass is 167 g/mol. The fourth-order valence-electron chi connectivity index (χ4n) is 1.42. The summed E-state index contributed by atoms with van der Waals surface area (Å²) < 4.78 is 7.71. The zero-order valence-corrected chi connectivity index (χ0v) is 8.08. The van der Waals surface area contributed by atoms with Crippen molar-refractivity contribution in [3.05, 3.63) is 24.0 Å². The Hall–Kier alpha value is -0.760. The molecule has 1 unspecified atom stereocenters. The Morgan fingerprint density at radius 3 is 2.67 bits per heavy atom. The standard InChI is InChI=1S/C10H17NO/c1-4-10(12-5-2)9-7-6-8-11(9)3/h6-8,10H,4-5H2,1-3H3. The molecule has 0 radical (unpaired) electrons. The van der Waals surface area contributed by atoms with Gasteiger partial charge in [-0.3, -0.25) is 0 Å². The molecule has 1 rings (SSSR count). The Labute approximate surface area is 74.2 Å². The van der Waals surface area contributed by atoms with Crippen LogP contribution in [-0.2, 0) is 11.8 Å². The Bertz CT molecular complexity index is 229. The molecule has 0 spiro atoms. The summed E-state index contributed by atoms with van der Waals surface area (Å²) in [7, 11) is 2.05. The second-order valence-electron chi connectivity index (χ2n) is 2.90. The van der Waals surface area contributed by atoms with Gasteiger partial charge in [-0.2, -0.15) is 0 Å². The summed E-state index contributed by atoms with van der Waals surface area (Å²) in [5.74, 6) is 0. The molecular formula is C10H17NO. The van der Waals surface area contributed by atoms with E-state index in [9.17, 15) is 0 Å². The minimum absolute atomic E-state index is 0.259. The fourth-order valence-corrected chi connectivity index (χ4v) is 1.42. The maximum atomic E-state index is 5.60. The Morgan fingerprint density at radius 2 is 2.25 bits per heavy atom. The molecule has 0 fully saturated rings. The van der Waals surface area contributed by atoms with E-state index in [0.717, 1.165) is 13.0 Å². The highest BCUT2D eigenvalue weighted by Crippen LogP contribution is 2.20. The van der Waals surface area contributed by atoms with Gasteiger partial charge >= 0.3 is 0 Å². The van der Waals surface area contributed by atoms with Crippen molar-refractivity contribution in [1.82, 2.24) is 4.57 Å². The van der Waals surface area contributed by atoms with Crippen molar-refractivity contribution in [2.75, 3.05) is 6.61 Å². The number of hydrogen-bond acceptors (Lipinski definition) is 1. The summed E-state index contributed by atoms with van der Waals surface area (Å²) in [6.45, 7) is 4.96. The summed E-state index contributed by atoms with van der Waals surface area (Å²) in [6, 6.07) is 4.17. The van der Waals surface area contributed by atoms with E-state index in [1.807, 2.05) is 6.92 Å². The van der Waals surface area contributed by atoms with Crippen molar-refractivity contribution < 1.29 is 4.74 Å². The van der Waals surface area contributed by atoms with Crippen LogP contribution in [0.4, 0.5) is 0 Å². The van der Waals surface area contributed by atoms with E-state index in [-0.39, 0.29) is 6.10 Å². The number of ether oxygens (including phenoxy) is 1. The van der Waals surface area contributed by atoms with E-state index in [1.165, 1.54) is 5.69 Å². The molecule has 1 heterocycles. The third-order valence-electron chi connectivity index (χ3n) is 2.05. The molecular weight excluding hydrogens is 150 g/mol. The summed E-state index contributed by atoms with van der Waals surface area (Å²) in [6.07, 6.45) is 3.35. The molecule has 2 heteroatoms. The van der Waals surface area contributed by atoms with E-state index in [4.69, 9.17) is 4.74 Å². The van der Waals surface area contributed by atoms with Gasteiger partial charge < -0.3 is 9.30 Å². The molecule has 0 amide bonds. The van der Waals surface area contributed by atoms with Crippen LogP contribution in [0.25, 0.3) is 0 Å². The molecule has 0 aromatic carbocycles. The van der Waals surface area contributed by atoms with Crippen LogP contribution in [0, 0.1) is 0 Å². The van der Waals surface area contributed by atoms with E-state index >= 15 is 0 Å². The first-order chi connectivity index (χ1) is 5.79. The van der Waals surface area contributed by atoms with Crippen LogP contribution in [0.15, 0.2) is 18.3 Å². The highest BCUT2D eigenvalue weighted by molar-refractivity contribution is 5.09. The Kier molecular flexibility index (Phi) is 3.35. The molecule has 0 bridgehead atoms. The molecule has 0 N–H and O–H groups in total. The largest absolute Gasteiger partial charge is 0.372 e. The molecule has 0 saturated carbocycles. The topological polar surface area (TPSA) is 14.2 Å². The quantitative estimate of drug-likeness (QED) is 0.672. The first-order valence-corrected chi connectivity index (χ1v) is 4.52. The number of hydrogen-bond donors (Lipinski definition) is 0. The van der Waals surface area contributed by atoms with Gasteiger partial charge in [0.2, 0.25) is 0 Å². The summed E-state index contributed by atoms with van der Waals surface area (Å²) in [5.41, 5.74) is 1.26. The van der Waals surface area contributed by atoms with Crippen molar-refractivity contribution in [3.8, 4) is 0 Å². The van der Waals surface area contributed by atoms with Crippen molar-refractivity contribution in [3.63, 3.8) is 0 Å². The molecule has 0 saturated heterocycles. The first-order valence-electron chi connectivity index (χ1n) is 4.52. The van der Waals surface area contributed by atoms with Gasteiger partial charge in [-0.15, -0.1) is 0 Å². The van der Waals surface area contributed by atoms with Crippen molar-refractivity contribution in [2.24, 2.45) is 7.05 Å². The molecule has 1 atom stereocenters. The van der Waals surface area contributed by atoms with Gasteiger partial charge in [0.15, 0.2) is 0 Å². The molecule has 1 aromatic heterocycles. The number of aromatic nitrogens is 1. The molecule has 12 heavy (non-hydrogen) atoms. The van der Waals surface area contributed by atoms with Gasteiger partial charge in [0, 0.05) is 25.5 Å². The van der Waals surface area contributed by atoms with Crippen LogP contribution in [0.1, 0.15) is 32.1 Å². The lowest BCUT2D eigenvalue weighted by molar-refractivity contribution is 0.0548. The second kappa shape index (κ2) is 4.31. The molecule has 68 valence electrons. The smallest absolute Gasteiger partial charge is 0.0971 e. The average molecular weight is 167 g/mol. The van der Waals surface area contributed by atoms with E-state index in [1.54, 1.807) is 0 Å². The predicted octanol–water partition coefficient (Wildman–Crippen LogP) is 2.51. The SMILES string of the molecule is CCOC(CC)c1cccn1C. The third-order valence-corrected chi connectivity index (χ3v) is 2.05.